The van der Waals surface area contributed by atoms with Gasteiger partial charge in [0.05, 0.1) is 0 Å². The number of hydrogen-bond donors (Lipinski definition) is 1. The van der Waals surface area contributed by atoms with Gasteiger partial charge in [-0.25, -0.2) is 8.78 Å². The van der Waals surface area contributed by atoms with Gasteiger partial charge in [0.1, 0.15) is 11.6 Å². The summed E-state index contributed by atoms with van der Waals surface area (Å²) in [6.07, 6.45) is 1.24. The van der Waals surface area contributed by atoms with Gasteiger partial charge in [-0.1, -0.05) is 33.8 Å². The summed E-state index contributed by atoms with van der Waals surface area (Å²) < 4.78 is 27.0. The van der Waals surface area contributed by atoms with Crippen LogP contribution < -0.4 is 5.32 Å². The first-order chi connectivity index (χ1) is 9.64. The van der Waals surface area contributed by atoms with Gasteiger partial charge in [0.25, 0.3) is 0 Å². The third kappa shape index (κ3) is 3.60. The average molecular weight is 295 g/mol. The summed E-state index contributed by atoms with van der Waals surface area (Å²) in [5, 5.41) is 2.91. The van der Waals surface area contributed by atoms with E-state index in [-0.39, 0.29) is 22.7 Å². The Balaban J connectivity index is 2.08. The van der Waals surface area contributed by atoms with Gasteiger partial charge in [0.15, 0.2) is 0 Å². The van der Waals surface area contributed by atoms with E-state index in [4.69, 9.17) is 0 Å². The maximum atomic E-state index is 14.0. The van der Waals surface area contributed by atoms with E-state index >= 15 is 0 Å². The standard InChI is InChI=1S/C17H23F2NO/c1-11-8-17(11,10-20-15(21)9-16(2,3)4)13-6-5-12(18)7-14(13)19/h5-7,11H,8-10H2,1-4H3,(H,20,21). The highest BCUT2D eigenvalue weighted by Crippen LogP contribution is 2.54. The third-order valence-corrected chi connectivity index (χ3v) is 4.21. The summed E-state index contributed by atoms with van der Waals surface area (Å²) in [7, 11) is 0. The Morgan fingerprint density at radius 2 is 2.00 bits per heavy atom. The van der Waals surface area contributed by atoms with E-state index in [1.54, 1.807) is 0 Å². The second-order valence-corrected chi connectivity index (χ2v) is 7.40. The topological polar surface area (TPSA) is 29.1 Å². The van der Waals surface area contributed by atoms with E-state index in [9.17, 15) is 13.6 Å². The molecule has 2 nitrogen and oxygen atoms in total. The van der Waals surface area contributed by atoms with Crippen LogP contribution in [0.4, 0.5) is 8.78 Å². The van der Waals surface area contributed by atoms with E-state index in [1.807, 2.05) is 27.7 Å². The van der Waals surface area contributed by atoms with Gasteiger partial charge in [-0.3, -0.25) is 4.79 Å². The predicted molar refractivity (Wildman–Crippen MR) is 78.9 cm³/mol. The molecule has 116 valence electrons. The van der Waals surface area contributed by atoms with Crippen molar-refractivity contribution in [1.82, 2.24) is 5.32 Å². The van der Waals surface area contributed by atoms with Crippen molar-refractivity contribution in [3.05, 3.63) is 35.4 Å². The molecule has 1 fully saturated rings. The molecule has 0 radical (unpaired) electrons. The summed E-state index contributed by atoms with van der Waals surface area (Å²) in [4.78, 5) is 11.9. The highest BCUT2D eigenvalue weighted by molar-refractivity contribution is 5.76. The maximum absolute atomic E-state index is 14.0. The molecule has 1 aliphatic rings. The Labute approximate surface area is 124 Å². The van der Waals surface area contributed by atoms with E-state index < -0.39 is 11.6 Å². The molecule has 1 aromatic carbocycles. The predicted octanol–water partition coefficient (Wildman–Crippen LogP) is 3.79. The zero-order valence-corrected chi connectivity index (χ0v) is 13.1. The van der Waals surface area contributed by atoms with Crippen LogP contribution in [0.2, 0.25) is 0 Å². The van der Waals surface area contributed by atoms with Crippen molar-refractivity contribution in [3.8, 4) is 0 Å². The van der Waals surface area contributed by atoms with E-state index in [0.717, 1.165) is 12.5 Å². The van der Waals surface area contributed by atoms with Crippen LogP contribution in [0.1, 0.15) is 46.1 Å². The first-order valence-electron chi connectivity index (χ1n) is 7.36. The fourth-order valence-electron chi connectivity index (χ4n) is 2.90. The van der Waals surface area contributed by atoms with Crippen molar-refractivity contribution in [1.29, 1.82) is 0 Å². The number of nitrogens with one attached hydrogen (secondary N) is 1. The van der Waals surface area contributed by atoms with Crippen molar-refractivity contribution in [2.45, 2.75) is 46.0 Å². The molecule has 2 atom stereocenters. The molecule has 0 aromatic heterocycles. The molecule has 0 heterocycles. The molecule has 1 aliphatic carbocycles. The molecule has 2 unspecified atom stereocenters. The van der Waals surface area contributed by atoms with Crippen molar-refractivity contribution in [2.75, 3.05) is 6.54 Å². The van der Waals surface area contributed by atoms with Crippen LogP contribution in [-0.2, 0) is 10.2 Å². The Morgan fingerprint density at radius 3 is 2.48 bits per heavy atom. The first-order valence-corrected chi connectivity index (χ1v) is 7.36. The van der Waals surface area contributed by atoms with Crippen LogP contribution in [-0.4, -0.2) is 12.5 Å². The smallest absolute Gasteiger partial charge is 0.220 e. The number of rotatable bonds is 4. The van der Waals surface area contributed by atoms with Gasteiger partial charge >= 0.3 is 0 Å². The molecule has 0 spiro atoms. The lowest BCUT2D eigenvalue weighted by Crippen LogP contribution is -2.35. The van der Waals surface area contributed by atoms with Gasteiger partial charge in [-0.15, -0.1) is 0 Å². The van der Waals surface area contributed by atoms with Crippen LogP contribution in [0.3, 0.4) is 0 Å². The van der Waals surface area contributed by atoms with Gasteiger partial charge in [-0.05, 0) is 29.4 Å². The zero-order valence-electron chi connectivity index (χ0n) is 13.1. The van der Waals surface area contributed by atoms with Crippen molar-refractivity contribution in [2.24, 2.45) is 11.3 Å². The SMILES string of the molecule is CC1CC1(CNC(=O)CC(C)(C)C)c1ccc(F)cc1F. The monoisotopic (exact) mass is 295 g/mol. The van der Waals surface area contributed by atoms with Gasteiger partial charge < -0.3 is 5.32 Å². The molecular weight excluding hydrogens is 272 g/mol. The minimum absolute atomic E-state index is 0.0245. The second-order valence-electron chi connectivity index (χ2n) is 7.40. The number of hydrogen-bond acceptors (Lipinski definition) is 1. The van der Waals surface area contributed by atoms with Crippen LogP contribution >= 0.6 is 0 Å². The molecule has 4 heteroatoms. The Bertz CT molecular complexity index is 550. The summed E-state index contributed by atoms with van der Waals surface area (Å²) in [5.74, 6) is -0.836. The number of amides is 1. The summed E-state index contributed by atoms with van der Waals surface area (Å²) >= 11 is 0. The third-order valence-electron chi connectivity index (χ3n) is 4.21. The number of benzene rings is 1. The van der Waals surface area contributed by atoms with Crippen molar-refractivity contribution < 1.29 is 13.6 Å². The molecule has 1 saturated carbocycles. The highest BCUT2D eigenvalue weighted by atomic mass is 19.1. The average Bonchev–Trinajstić information content (AvgIpc) is 2.96. The van der Waals surface area contributed by atoms with Crippen molar-refractivity contribution >= 4 is 5.91 Å². The van der Waals surface area contributed by atoms with Crippen LogP contribution in [0, 0.1) is 23.0 Å². The quantitative estimate of drug-likeness (QED) is 0.899. The molecule has 0 saturated heterocycles. The zero-order chi connectivity index (χ0) is 15.8. The minimum atomic E-state index is -0.573. The van der Waals surface area contributed by atoms with Crippen LogP contribution in [0.15, 0.2) is 18.2 Å². The Kier molecular flexibility index (Phi) is 4.09. The number of carbonyl (C=O) groups excluding carboxylic acids is 1. The largest absolute Gasteiger partial charge is 0.355 e. The van der Waals surface area contributed by atoms with Gasteiger partial charge in [-0.2, -0.15) is 0 Å². The molecule has 2 rings (SSSR count). The number of halogens is 2. The summed E-state index contributed by atoms with van der Waals surface area (Å²) in [5.41, 5.74) is 0.0474. The molecule has 21 heavy (non-hydrogen) atoms. The molecule has 1 amide bonds. The summed E-state index contributed by atoms with van der Waals surface area (Å²) in [6, 6.07) is 3.70. The lowest BCUT2D eigenvalue weighted by atomic mass is 9.90. The van der Waals surface area contributed by atoms with E-state index in [1.165, 1.54) is 12.1 Å². The van der Waals surface area contributed by atoms with Gasteiger partial charge in [0.2, 0.25) is 5.91 Å². The molecule has 1 aromatic rings. The van der Waals surface area contributed by atoms with Gasteiger partial charge in [0, 0.05) is 24.4 Å². The first kappa shape index (κ1) is 15.9. The van der Waals surface area contributed by atoms with E-state index in [2.05, 4.69) is 5.32 Å². The van der Waals surface area contributed by atoms with Crippen molar-refractivity contribution in [3.63, 3.8) is 0 Å². The Hall–Kier alpha value is -1.45. The maximum Gasteiger partial charge on any atom is 0.220 e. The number of carbonyl (C=O) groups is 1. The van der Waals surface area contributed by atoms with E-state index in [0.29, 0.717) is 18.5 Å². The molecule has 1 N–H and O–H groups in total. The summed E-state index contributed by atoms with van der Waals surface area (Å²) in [6.45, 7) is 8.44. The highest BCUT2D eigenvalue weighted by Gasteiger charge is 2.53. The molecule has 0 aliphatic heterocycles. The lowest BCUT2D eigenvalue weighted by Gasteiger charge is -2.21. The minimum Gasteiger partial charge on any atom is -0.355 e. The normalized spacial score (nSPS) is 24.8. The molecule has 0 bridgehead atoms. The fourth-order valence-corrected chi connectivity index (χ4v) is 2.90. The fraction of sp³-hybridized carbons (Fsp3) is 0.588. The molecular formula is C17H23F2NO. The van der Waals surface area contributed by atoms with Crippen LogP contribution in [0.5, 0.6) is 0 Å². The Morgan fingerprint density at radius 1 is 1.38 bits per heavy atom. The second kappa shape index (κ2) is 5.39. The lowest BCUT2D eigenvalue weighted by molar-refractivity contribution is -0.122. The van der Waals surface area contributed by atoms with Crippen LogP contribution in [0.25, 0.3) is 0 Å².